The molecule has 0 aromatic carbocycles. The van der Waals surface area contributed by atoms with Crippen LogP contribution in [0.3, 0.4) is 0 Å². The Balaban J connectivity index is 2.37. The Morgan fingerprint density at radius 1 is 1.35 bits per heavy atom. The summed E-state index contributed by atoms with van der Waals surface area (Å²) in [7, 11) is 5.31. The molecule has 5 heteroatoms. The van der Waals surface area contributed by atoms with Crippen LogP contribution >= 0.6 is 0 Å². The second kappa shape index (κ2) is 6.00. The third kappa shape index (κ3) is 3.19. The number of hydrogen-bond acceptors (Lipinski definition) is 4. The van der Waals surface area contributed by atoms with Gasteiger partial charge in [0, 0.05) is 6.54 Å². The van der Waals surface area contributed by atoms with Crippen molar-refractivity contribution >= 4 is 11.9 Å². The maximum Gasteiger partial charge on any atom is 0.321 e. The van der Waals surface area contributed by atoms with E-state index in [1.54, 1.807) is 0 Å². The van der Waals surface area contributed by atoms with E-state index in [-0.39, 0.29) is 5.91 Å². The molecule has 0 unspecified atom stereocenters. The van der Waals surface area contributed by atoms with Gasteiger partial charge >= 0.3 is 5.97 Å². The molecule has 1 rings (SSSR count). The Morgan fingerprint density at radius 3 is 2.41 bits per heavy atom. The molecule has 5 nitrogen and oxygen atoms in total. The average molecular weight is 242 g/mol. The van der Waals surface area contributed by atoms with E-state index in [0.29, 0.717) is 19.4 Å². The highest BCUT2D eigenvalue weighted by Crippen LogP contribution is 2.42. The first-order chi connectivity index (χ1) is 8.03. The second-order valence-corrected chi connectivity index (χ2v) is 4.84. The Morgan fingerprint density at radius 2 is 2.00 bits per heavy atom. The summed E-state index contributed by atoms with van der Waals surface area (Å²) in [6.45, 7) is 1.53. The van der Waals surface area contributed by atoms with Gasteiger partial charge in [-0.3, -0.25) is 9.59 Å². The van der Waals surface area contributed by atoms with E-state index in [1.807, 2.05) is 14.1 Å². The smallest absolute Gasteiger partial charge is 0.321 e. The summed E-state index contributed by atoms with van der Waals surface area (Å²) in [6.07, 6.45) is 3.02. The number of hydrogen-bond donors (Lipinski definition) is 1. The van der Waals surface area contributed by atoms with Gasteiger partial charge in [-0.1, -0.05) is 6.42 Å². The maximum atomic E-state index is 12.0. The largest absolute Gasteiger partial charge is 0.468 e. The van der Waals surface area contributed by atoms with Gasteiger partial charge in [0.15, 0.2) is 0 Å². The van der Waals surface area contributed by atoms with Crippen molar-refractivity contribution in [3.05, 3.63) is 0 Å². The molecule has 0 atom stereocenters. The van der Waals surface area contributed by atoms with Crippen LogP contribution in [-0.2, 0) is 14.3 Å². The molecule has 0 spiro atoms. The Hall–Kier alpha value is -1.10. The van der Waals surface area contributed by atoms with E-state index in [4.69, 9.17) is 4.74 Å². The zero-order valence-corrected chi connectivity index (χ0v) is 10.9. The summed E-state index contributed by atoms with van der Waals surface area (Å²) >= 11 is 0. The van der Waals surface area contributed by atoms with E-state index in [1.165, 1.54) is 7.11 Å². The van der Waals surface area contributed by atoms with Gasteiger partial charge in [0.2, 0.25) is 5.91 Å². The summed E-state index contributed by atoms with van der Waals surface area (Å²) in [5.74, 6) is -0.566. The molecule has 1 saturated carbocycles. The van der Waals surface area contributed by atoms with Crippen LogP contribution in [0.1, 0.15) is 25.7 Å². The lowest BCUT2D eigenvalue weighted by Gasteiger charge is -2.37. The molecule has 0 saturated heterocycles. The minimum Gasteiger partial charge on any atom is -0.468 e. The number of carbonyl (C=O) groups excluding carboxylic acids is 2. The lowest BCUT2D eigenvalue weighted by molar-refractivity contribution is -0.165. The first-order valence-electron chi connectivity index (χ1n) is 6.04. The van der Waals surface area contributed by atoms with E-state index < -0.39 is 11.4 Å². The lowest BCUT2D eigenvalue weighted by atomic mass is 9.68. The van der Waals surface area contributed by atoms with Gasteiger partial charge in [0.05, 0.1) is 7.11 Å². The molecule has 98 valence electrons. The normalized spacial score (nSPS) is 17.4. The number of carbonyl (C=O) groups is 2. The molecule has 0 heterocycles. The van der Waals surface area contributed by atoms with Crippen molar-refractivity contribution in [1.82, 2.24) is 10.2 Å². The van der Waals surface area contributed by atoms with E-state index >= 15 is 0 Å². The average Bonchev–Trinajstić information content (AvgIpc) is 2.22. The van der Waals surface area contributed by atoms with Crippen LogP contribution in [0.4, 0.5) is 0 Å². The quantitative estimate of drug-likeness (QED) is 0.416. The van der Waals surface area contributed by atoms with Crippen molar-refractivity contribution < 1.29 is 14.3 Å². The summed E-state index contributed by atoms with van der Waals surface area (Å²) in [4.78, 5) is 25.6. The lowest BCUT2D eigenvalue weighted by Crippen LogP contribution is -2.51. The highest BCUT2D eigenvalue weighted by atomic mass is 16.5. The third-order valence-corrected chi connectivity index (χ3v) is 3.29. The van der Waals surface area contributed by atoms with Crippen LogP contribution in [0.5, 0.6) is 0 Å². The van der Waals surface area contributed by atoms with Gasteiger partial charge in [-0.2, -0.15) is 0 Å². The number of nitrogens with zero attached hydrogens (tertiary/aromatic N) is 1. The van der Waals surface area contributed by atoms with Crippen molar-refractivity contribution in [2.45, 2.75) is 25.7 Å². The molecule has 1 aliphatic carbocycles. The zero-order chi connectivity index (χ0) is 12.9. The molecule has 1 N–H and O–H groups in total. The molecule has 0 aromatic heterocycles. The molecule has 1 fully saturated rings. The highest BCUT2D eigenvalue weighted by Gasteiger charge is 2.51. The van der Waals surface area contributed by atoms with Crippen LogP contribution < -0.4 is 5.32 Å². The molecular weight excluding hydrogens is 220 g/mol. The standard InChI is InChI=1S/C12H22N2O3/c1-14(2)9-5-8-13-10(15)12(6-4-7-12)11(16)17-3/h4-9H2,1-3H3,(H,13,15). The Kier molecular flexibility index (Phi) is 4.93. The van der Waals surface area contributed by atoms with Crippen molar-refractivity contribution in [2.75, 3.05) is 34.3 Å². The van der Waals surface area contributed by atoms with Crippen molar-refractivity contribution in [3.8, 4) is 0 Å². The number of esters is 1. The number of rotatable bonds is 6. The second-order valence-electron chi connectivity index (χ2n) is 4.84. The van der Waals surface area contributed by atoms with Crippen LogP contribution in [0.25, 0.3) is 0 Å². The van der Waals surface area contributed by atoms with E-state index in [0.717, 1.165) is 19.4 Å². The highest BCUT2D eigenvalue weighted by molar-refractivity contribution is 6.03. The van der Waals surface area contributed by atoms with Crippen LogP contribution in [0, 0.1) is 5.41 Å². The van der Waals surface area contributed by atoms with Crippen LogP contribution in [0.15, 0.2) is 0 Å². The SMILES string of the molecule is COC(=O)C1(C(=O)NCCCN(C)C)CCC1. The molecule has 1 aliphatic rings. The minimum absolute atomic E-state index is 0.172. The predicted molar refractivity (Wildman–Crippen MR) is 64.5 cm³/mol. The monoisotopic (exact) mass is 242 g/mol. The van der Waals surface area contributed by atoms with E-state index in [9.17, 15) is 9.59 Å². The molecule has 0 aromatic rings. The van der Waals surface area contributed by atoms with Crippen LogP contribution in [0.2, 0.25) is 0 Å². The number of amides is 1. The Bertz CT molecular complexity index is 285. The first-order valence-corrected chi connectivity index (χ1v) is 6.04. The number of ether oxygens (including phenoxy) is 1. The molecule has 0 radical (unpaired) electrons. The fourth-order valence-electron chi connectivity index (χ4n) is 2.02. The summed E-state index contributed by atoms with van der Waals surface area (Å²) in [6, 6.07) is 0. The van der Waals surface area contributed by atoms with Crippen molar-refractivity contribution in [3.63, 3.8) is 0 Å². The topological polar surface area (TPSA) is 58.6 Å². The number of nitrogens with one attached hydrogen (secondary N) is 1. The van der Waals surface area contributed by atoms with Gasteiger partial charge < -0.3 is 15.0 Å². The van der Waals surface area contributed by atoms with Crippen molar-refractivity contribution in [2.24, 2.45) is 5.41 Å². The summed E-state index contributed by atoms with van der Waals surface area (Å²) in [5, 5.41) is 2.83. The summed E-state index contributed by atoms with van der Waals surface area (Å²) in [5.41, 5.74) is -0.896. The first kappa shape index (κ1) is 14.0. The predicted octanol–water partition coefficient (Wildman–Crippen LogP) is 0.398. The minimum atomic E-state index is -0.896. The van der Waals surface area contributed by atoms with Gasteiger partial charge in [-0.05, 0) is 39.9 Å². The van der Waals surface area contributed by atoms with E-state index in [2.05, 4.69) is 10.2 Å². The molecule has 17 heavy (non-hydrogen) atoms. The Labute approximate surface area is 102 Å². The molecule has 0 aliphatic heterocycles. The fraction of sp³-hybridized carbons (Fsp3) is 0.833. The third-order valence-electron chi connectivity index (χ3n) is 3.29. The summed E-state index contributed by atoms with van der Waals surface area (Å²) < 4.78 is 4.72. The van der Waals surface area contributed by atoms with Gasteiger partial charge in [-0.15, -0.1) is 0 Å². The van der Waals surface area contributed by atoms with Gasteiger partial charge in [0.25, 0.3) is 0 Å². The molecule has 1 amide bonds. The van der Waals surface area contributed by atoms with Gasteiger partial charge in [-0.25, -0.2) is 0 Å². The number of methoxy groups -OCH3 is 1. The van der Waals surface area contributed by atoms with Gasteiger partial charge in [0.1, 0.15) is 5.41 Å². The molecule has 0 bridgehead atoms. The maximum absolute atomic E-state index is 12.0. The van der Waals surface area contributed by atoms with Crippen LogP contribution in [-0.4, -0.2) is 51.1 Å². The zero-order valence-electron chi connectivity index (χ0n) is 10.9. The fourth-order valence-corrected chi connectivity index (χ4v) is 2.02. The van der Waals surface area contributed by atoms with Crippen molar-refractivity contribution in [1.29, 1.82) is 0 Å². The molecular formula is C12H22N2O3.